The van der Waals surface area contributed by atoms with Crippen molar-refractivity contribution in [2.24, 2.45) is 0 Å². The maximum atomic E-state index is 6.42. The SMILES string of the molecule is CCCCC/C=C\C/C=C\CCCCCCCCO[C@H](CC)[C@@H](CN(C)C)OCCCCCCCC/C=C\C/C=C\CCCCC. The second-order valence-electron chi connectivity index (χ2n) is 13.7. The van der Waals surface area contributed by atoms with E-state index in [4.69, 9.17) is 9.47 Å². The highest BCUT2D eigenvalue weighted by atomic mass is 16.5. The van der Waals surface area contributed by atoms with E-state index >= 15 is 0 Å². The largest absolute Gasteiger partial charge is 0.375 e. The van der Waals surface area contributed by atoms with Crippen LogP contribution in [0.3, 0.4) is 0 Å². The van der Waals surface area contributed by atoms with E-state index in [-0.39, 0.29) is 12.2 Å². The molecule has 2 atom stereocenters. The second kappa shape index (κ2) is 38.3. The van der Waals surface area contributed by atoms with Gasteiger partial charge in [0.2, 0.25) is 0 Å². The van der Waals surface area contributed by atoms with Gasteiger partial charge < -0.3 is 14.4 Å². The minimum atomic E-state index is 0.169. The minimum absolute atomic E-state index is 0.169. The second-order valence-corrected chi connectivity index (χ2v) is 13.7. The van der Waals surface area contributed by atoms with E-state index in [1.54, 1.807) is 0 Å². The monoisotopic (exact) mass is 644 g/mol. The molecule has 3 nitrogen and oxygen atoms in total. The number of rotatable bonds is 36. The highest BCUT2D eigenvalue weighted by Gasteiger charge is 2.22. The lowest BCUT2D eigenvalue weighted by Gasteiger charge is -2.29. The first-order valence-corrected chi connectivity index (χ1v) is 20.1. The van der Waals surface area contributed by atoms with Crippen LogP contribution in [0.15, 0.2) is 48.6 Å². The van der Waals surface area contributed by atoms with Gasteiger partial charge in [-0.25, -0.2) is 0 Å². The van der Waals surface area contributed by atoms with E-state index in [9.17, 15) is 0 Å². The molecule has 0 heterocycles. The van der Waals surface area contributed by atoms with Crippen LogP contribution in [0.4, 0.5) is 0 Å². The van der Waals surface area contributed by atoms with E-state index in [0.717, 1.165) is 45.4 Å². The van der Waals surface area contributed by atoms with Crippen molar-refractivity contribution in [3.8, 4) is 0 Å². The third-order valence-corrected chi connectivity index (χ3v) is 8.72. The molecule has 0 aliphatic rings. The van der Waals surface area contributed by atoms with Crippen molar-refractivity contribution in [2.45, 2.75) is 193 Å². The molecule has 0 aliphatic heterocycles. The third-order valence-electron chi connectivity index (χ3n) is 8.72. The van der Waals surface area contributed by atoms with Crippen molar-refractivity contribution in [1.82, 2.24) is 4.90 Å². The Labute approximate surface area is 289 Å². The van der Waals surface area contributed by atoms with Crippen molar-refractivity contribution < 1.29 is 9.47 Å². The number of hydrogen-bond donors (Lipinski definition) is 0. The fraction of sp³-hybridized carbons (Fsp3) is 0.814. The Balaban J connectivity index is 3.83. The molecule has 0 aliphatic carbocycles. The molecule has 0 bridgehead atoms. The van der Waals surface area contributed by atoms with Gasteiger partial charge in [0.25, 0.3) is 0 Å². The van der Waals surface area contributed by atoms with Gasteiger partial charge in [-0.3, -0.25) is 0 Å². The molecule has 0 saturated carbocycles. The van der Waals surface area contributed by atoms with E-state index < -0.39 is 0 Å². The normalized spacial score (nSPS) is 13.9. The Morgan fingerprint density at radius 2 is 0.761 bits per heavy atom. The molecule has 46 heavy (non-hydrogen) atoms. The molecule has 0 amide bonds. The molecular weight excluding hydrogens is 562 g/mol. The fourth-order valence-electron chi connectivity index (χ4n) is 5.78. The smallest absolute Gasteiger partial charge is 0.0962 e. The van der Waals surface area contributed by atoms with Crippen LogP contribution in [0.25, 0.3) is 0 Å². The van der Waals surface area contributed by atoms with Crippen molar-refractivity contribution in [2.75, 3.05) is 33.9 Å². The summed E-state index contributed by atoms with van der Waals surface area (Å²) in [5, 5.41) is 0. The molecule has 0 radical (unpaired) electrons. The highest BCUT2D eigenvalue weighted by molar-refractivity contribution is 4.93. The Hall–Kier alpha value is -1.16. The average molecular weight is 644 g/mol. The Morgan fingerprint density at radius 3 is 1.13 bits per heavy atom. The summed E-state index contributed by atoms with van der Waals surface area (Å²) in [7, 11) is 4.29. The summed E-state index contributed by atoms with van der Waals surface area (Å²) < 4.78 is 12.8. The lowest BCUT2D eigenvalue weighted by Crippen LogP contribution is -2.40. The van der Waals surface area contributed by atoms with Gasteiger partial charge in [-0.1, -0.05) is 146 Å². The Morgan fingerprint density at radius 1 is 0.413 bits per heavy atom. The summed E-state index contributed by atoms with van der Waals surface area (Å²) in [5.41, 5.74) is 0. The number of ether oxygens (including phenoxy) is 2. The first-order chi connectivity index (χ1) is 22.7. The first-order valence-electron chi connectivity index (χ1n) is 20.1. The van der Waals surface area contributed by atoms with Crippen molar-refractivity contribution in [3.05, 3.63) is 48.6 Å². The summed E-state index contributed by atoms with van der Waals surface area (Å²) in [6.07, 6.45) is 50.9. The first kappa shape index (κ1) is 44.8. The number of allylic oxidation sites excluding steroid dienone is 8. The van der Waals surface area contributed by atoms with E-state index in [1.165, 1.54) is 135 Å². The molecule has 0 aromatic heterocycles. The molecule has 0 N–H and O–H groups in total. The van der Waals surface area contributed by atoms with Crippen LogP contribution in [-0.2, 0) is 9.47 Å². The molecule has 0 spiro atoms. The quantitative estimate of drug-likeness (QED) is 0.0501. The van der Waals surface area contributed by atoms with Crippen molar-refractivity contribution in [1.29, 1.82) is 0 Å². The lowest BCUT2D eigenvalue weighted by atomic mass is 10.1. The average Bonchev–Trinajstić information content (AvgIpc) is 3.05. The predicted molar refractivity (Wildman–Crippen MR) is 207 cm³/mol. The Kier molecular flexibility index (Phi) is 37.3. The maximum absolute atomic E-state index is 6.42. The number of nitrogens with zero attached hydrogens (tertiary/aromatic N) is 1. The standard InChI is InChI=1S/C43H81NO2/c1-6-9-11-13-15-17-19-21-23-25-27-29-31-33-35-37-39-45-42(8-3)43(41-44(4)5)46-40-38-36-34-32-30-28-26-24-22-20-18-16-14-12-10-7-2/h15-18,21-24,42-43H,6-14,19-20,25-41H2,1-5H3/b17-15-,18-16-,23-21-,24-22-/t42-,43-/m1/s1. The molecule has 3 heteroatoms. The van der Waals surface area contributed by atoms with Gasteiger partial charge in [0.15, 0.2) is 0 Å². The predicted octanol–water partition coefficient (Wildman–Crippen LogP) is 13.4. The lowest BCUT2D eigenvalue weighted by molar-refractivity contribution is -0.0833. The topological polar surface area (TPSA) is 21.7 Å². The van der Waals surface area contributed by atoms with Crippen LogP contribution in [0.2, 0.25) is 0 Å². The van der Waals surface area contributed by atoms with Crippen LogP contribution in [0.1, 0.15) is 181 Å². The van der Waals surface area contributed by atoms with Crippen molar-refractivity contribution >= 4 is 0 Å². The van der Waals surface area contributed by atoms with Gasteiger partial charge in [0.1, 0.15) is 0 Å². The highest BCUT2D eigenvalue weighted by Crippen LogP contribution is 2.15. The van der Waals surface area contributed by atoms with Crippen molar-refractivity contribution in [3.63, 3.8) is 0 Å². The molecule has 0 saturated heterocycles. The minimum Gasteiger partial charge on any atom is -0.375 e. The van der Waals surface area contributed by atoms with Gasteiger partial charge in [-0.05, 0) is 97.6 Å². The van der Waals surface area contributed by atoms with Crippen LogP contribution >= 0.6 is 0 Å². The summed E-state index contributed by atoms with van der Waals surface area (Å²) in [5.74, 6) is 0. The fourth-order valence-corrected chi connectivity index (χ4v) is 5.78. The third kappa shape index (κ3) is 34.2. The summed E-state index contributed by atoms with van der Waals surface area (Å²) >= 11 is 0. The zero-order chi connectivity index (χ0) is 33.6. The van der Waals surface area contributed by atoms with Crippen LogP contribution in [0.5, 0.6) is 0 Å². The molecular formula is C43H81NO2. The summed E-state index contributed by atoms with van der Waals surface area (Å²) in [4.78, 5) is 2.25. The molecule has 0 aromatic carbocycles. The maximum Gasteiger partial charge on any atom is 0.0962 e. The van der Waals surface area contributed by atoms with E-state index in [1.807, 2.05) is 0 Å². The van der Waals surface area contributed by atoms with Gasteiger partial charge in [-0.2, -0.15) is 0 Å². The van der Waals surface area contributed by atoms with Gasteiger partial charge in [0, 0.05) is 19.8 Å². The van der Waals surface area contributed by atoms with Gasteiger partial charge >= 0.3 is 0 Å². The van der Waals surface area contributed by atoms with Gasteiger partial charge in [0.05, 0.1) is 12.2 Å². The van der Waals surface area contributed by atoms with Crippen LogP contribution < -0.4 is 0 Å². The number of likely N-dealkylation sites (N-methyl/N-ethyl adjacent to an activating group) is 1. The molecule has 0 fully saturated rings. The van der Waals surface area contributed by atoms with Crippen LogP contribution in [-0.4, -0.2) is 51.0 Å². The number of unbranched alkanes of at least 4 members (excludes halogenated alkanes) is 18. The molecule has 0 unspecified atom stereocenters. The number of hydrogen-bond acceptors (Lipinski definition) is 3. The molecule has 0 aromatic rings. The zero-order valence-electron chi connectivity index (χ0n) is 31.8. The summed E-state index contributed by atoms with van der Waals surface area (Å²) in [6, 6.07) is 0. The molecule has 270 valence electrons. The van der Waals surface area contributed by atoms with E-state index in [0.29, 0.717) is 0 Å². The van der Waals surface area contributed by atoms with Crippen LogP contribution in [0, 0.1) is 0 Å². The van der Waals surface area contributed by atoms with E-state index in [2.05, 4.69) is 88.4 Å². The summed E-state index contributed by atoms with van der Waals surface area (Å²) in [6.45, 7) is 9.44. The molecule has 0 rings (SSSR count). The Bertz CT molecular complexity index is 695. The van der Waals surface area contributed by atoms with Gasteiger partial charge in [-0.15, -0.1) is 0 Å². The zero-order valence-corrected chi connectivity index (χ0v) is 31.8.